The molecule has 1 saturated heterocycles. The van der Waals surface area contributed by atoms with Gasteiger partial charge in [0.15, 0.2) is 5.78 Å². The zero-order valence-corrected chi connectivity index (χ0v) is 13.9. The van der Waals surface area contributed by atoms with E-state index in [0.29, 0.717) is 12.2 Å². The highest BCUT2D eigenvalue weighted by molar-refractivity contribution is 7.99. The minimum Gasteiger partial charge on any atom is -0.466 e. The lowest BCUT2D eigenvalue weighted by Crippen LogP contribution is -2.31. The van der Waals surface area contributed by atoms with Gasteiger partial charge in [0.05, 0.1) is 13.0 Å². The predicted molar refractivity (Wildman–Crippen MR) is 89.2 cm³/mol. The number of ketones is 1. The molecule has 120 valence electrons. The fourth-order valence-electron chi connectivity index (χ4n) is 2.45. The van der Waals surface area contributed by atoms with E-state index in [1.807, 2.05) is 30.0 Å². The van der Waals surface area contributed by atoms with Crippen molar-refractivity contribution in [3.05, 3.63) is 35.4 Å². The van der Waals surface area contributed by atoms with Crippen LogP contribution in [0.25, 0.3) is 0 Å². The molecule has 0 N–H and O–H groups in total. The molecule has 1 aromatic rings. The van der Waals surface area contributed by atoms with Crippen LogP contribution in [0.3, 0.4) is 0 Å². The molecule has 1 aliphatic heterocycles. The molecule has 0 spiro atoms. The van der Waals surface area contributed by atoms with Gasteiger partial charge in [0.2, 0.25) is 0 Å². The Morgan fingerprint density at radius 3 is 2.73 bits per heavy atom. The van der Waals surface area contributed by atoms with Crippen LogP contribution in [0, 0.1) is 0 Å². The number of thioether (sulfide) groups is 1. The number of ether oxygens (including phenoxy) is 1. The van der Waals surface area contributed by atoms with Crippen molar-refractivity contribution in [2.24, 2.45) is 0 Å². The maximum atomic E-state index is 12.2. The average Bonchev–Trinajstić information content (AvgIpc) is 2.54. The third kappa shape index (κ3) is 5.46. The number of hydrogen-bond donors (Lipinski definition) is 0. The van der Waals surface area contributed by atoms with Gasteiger partial charge < -0.3 is 4.74 Å². The first kappa shape index (κ1) is 17.0. The van der Waals surface area contributed by atoms with Crippen LogP contribution in [-0.4, -0.2) is 47.9 Å². The fraction of sp³-hybridized carbons (Fsp3) is 0.529. The molecule has 0 bridgehead atoms. The Labute approximate surface area is 136 Å². The first-order valence-corrected chi connectivity index (χ1v) is 8.92. The monoisotopic (exact) mass is 321 g/mol. The number of hydrogen-bond acceptors (Lipinski definition) is 5. The van der Waals surface area contributed by atoms with Crippen molar-refractivity contribution < 1.29 is 14.3 Å². The van der Waals surface area contributed by atoms with E-state index in [-0.39, 0.29) is 24.6 Å². The Hall–Kier alpha value is -1.33. The van der Waals surface area contributed by atoms with Crippen molar-refractivity contribution in [2.45, 2.75) is 26.3 Å². The minimum absolute atomic E-state index is 0.00380. The van der Waals surface area contributed by atoms with E-state index in [9.17, 15) is 9.59 Å². The number of benzene rings is 1. The zero-order chi connectivity index (χ0) is 15.8. The molecule has 0 radical (unpaired) electrons. The van der Waals surface area contributed by atoms with E-state index in [0.717, 1.165) is 25.2 Å². The van der Waals surface area contributed by atoms with Crippen molar-refractivity contribution in [2.75, 3.05) is 31.2 Å². The lowest BCUT2D eigenvalue weighted by Gasteiger charge is -2.26. The lowest BCUT2D eigenvalue weighted by atomic mass is 10.0. The third-order valence-electron chi connectivity index (χ3n) is 3.62. The van der Waals surface area contributed by atoms with Gasteiger partial charge in [-0.1, -0.05) is 18.2 Å². The van der Waals surface area contributed by atoms with E-state index >= 15 is 0 Å². The van der Waals surface area contributed by atoms with E-state index in [2.05, 4.69) is 11.0 Å². The van der Waals surface area contributed by atoms with Crippen LogP contribution in [0.4, 0.5) is 0 Å². The number of esters is 1. The van der Waals surface area contributed by atoms with Crippen molar-refractivity contribution in [1.82, 2.24) is 4.90 Å². The smallest absolute Gasteiger partial charge is 0.306 e. The molecule has 0 unspecified atom stereocenters. The summed E-state index contributed by atoms with van der Waals surface area (Å²) in [6, 6.07) is 7.76. The number of carbonyl (C=O) groups is 2. The molecule has 1 aromatic carbocycles. The second-order valence-electron chi connectivity index (χ2n) is 5.32. The van der Waals surface area contributed by atoms with Crippen LogP contribution in [-0.2, 0) is 16.1 Å². The van der Waals surface area contributed by atoms with Gasteiger partial charge in [-0.15, -0.1) is 0 Å². The Morgan fingerprint density at radius 2 is 2.00 bits per heavy atom. The molecule has 5 heteroatoms. The Morgan fingerprint density at radius 1 is 1.23 bits per heavy atom. The van der Waals surface area contributed by atoms with E-state index in [4.69, 9.17) is 4.74 Å². The second-order valence-corrected chi connectivity index (χ2v) is 6.54. The summed E-state index contributed by atoms with van der Waals surface area (Å²) in [5.74, 6) is 2.05. The van der Waals surface area contributed by atoms with Gasteiger partial charge in [-0.25, -0.2) is 0 Å². The molecule has 1 aliphatic rings. The first-order chi connectivity index (χ1) is 10.7. The van der Waals surface area contributed by atoms with Crippen LogP contribution in [0.5, 0.6) is 0 Å². The van der Waals surface area contributed by atoms with Crippen molar-refractivity contribution >= 4 is 23.5 Å². The Balaban J connectivity index is 1.89. The number of Topliss-reactive ketones (excluding diaryl/α,β-unsaturated/α-hetero) is 1. The van der Waals surface area contributed by atoms with Gasteiger partial charge in [-0.3, -0.25) is 14.5 Å². The lowest BCUT2D eigenvalue weighted by molar-refractivity contribution is -0.143. The summed E-state index contributed by atoms with van der Waals surface area (Å²) in [5, 5.41) is 0. The van der Waals surface area contributed by atoms with Gasteiger partial charge in [0.25, 0.3) is 0 Å². The van der Waals surface area contributed by atoms with Gasteiger partial charge in [0.1, 0.15) is 0 Å². The molecule has 0 aromatic heterocycles. The quantitative estimate of drug-likeness (QED) is 0.571. The minimum atomic E-state index is -0.308. The van der Waals surface area contributed by atoms with Crippen molar-refractivity contribution in [3.8, 4) is 0 Å². The Bertz CT molecular complexity index is 512. The van der Waals surface area contributed by atoms with E-state index in [1.165, 1.54) is 11.5 Å². The number of carbonyl (C=O) groups excluding carboxylic acids is 2. The third-order valence-corrected chi connectivity index (χ3v) is 4.56. The number of nitrogens with zero attached hydrogens (tertiary/aromatic N) is 1. The molecule has 0 aliphatic carbocycles. The first-order valence-electron chi connectivity index (χ1n) is 7.77. The maximum absolute atomic E-state index is 12.2. The highest BCUT2D eigenvalue weighted by Gasteiger charge is 2.13. The predicted octanol–water partition coefficient (Wildman–Crippen LogP) is 2.76. The number of rotatable bonds is 7. The van der Waals surface area contributed by atoms with Gasteiger partial charge >= 0.3 is 5.97 Å². The molecule has 0 atom stereocenters. The molecule has 0 amide bonds. The summed E-state index contributed by atoms with van der Waals surface area (Å²) in [5.41, 5.74) is 1.85. The highest BCUT2D eigenvalue weighted by Crippen LogP contribution is 2.15. The highest BCUT2D eigenvalue weighted by atomic mass is 32.2. The SMILES string of the molecule is CCOC(=O)CCC(=O)c1cccc(CN2CCSCC2)c1. The standard InChI is InChI=1S/C17H23NO3S/c1-2-21-17(20)7-6-16(19)15-5-3-4-14(12-15)13-18-8-10-22-11-9-18/h3-5,12H,2,6-11,13H2,1H3. The van der Waals surface area contributed by atoms with E-state index in [1.54, 1.807) is 6.92 Å². The summed E-state index contributed by atoms with van der Waals surface area (Å²) in [7, 11) is 0. The Kier molecular flexibility index (Phi) is 6.93. The molecule has 0 saturated carbocycles. The molecular formula is C17H23NO3S. The fourth-order valence-corrected chi connectivity index (χ4v) is 3.43. The van der Waals surface area contributed by atoms with E-state index < -0.39 is 0 Å². The molecule has 2 rings (SSSR count). The van der Waals surface area contributed by atoms with Crippen LogP contribution in [0.15, 0.2) is 24.3 Å². The van der Waals surface area contributed by atoms with Gasteiger partial charge in [-0.2, -0.15) is 11.8 Å². The molecule has 1 fully saturated rings. The summed E-state index contributed by atoms with van der Waals surface area (Å²) in [6.45, 7) is 5.22. The average molecular weight is 321 g/mol. The van der Waals surface area contributed by atoms with Crippen molar-refractivity contribution in [1.29, 1.82) is 0 Å². The van der Waals surface area contributed by atoms with Crippen LogP contribution < -0.4 is 0 Å². The summed E-state index contributed by atoms with van der Waals surface area (Å²) >= 11 is 1.99. The summed E-state index contributed by atoms with van der Waals surface area (Å²) in [4.78, 5) is 25.9. The topological polar surface area (TPSA) is 46.6 Å². The largest absolute Gasteiger partial charge is 0.466 e. The summed E-state index contributed by atoms with van der Waals surface area (Å²) in [6.07, 6.45) is 0.364. The molecule has 4 nitrogen and oxygen atoms in total. The normalized spacial score (nSPS) is 15.5. The molecule has 22 heavy (non-hydrogen) atoms. The zero-order valence-electron chi connectivity index (χ0n) is 13.0. The van der Waals surface area contributed by atoms with Crippen molar-refractivity contribution in [3.63, 3.8) is 0 Å². The van der Waals surface area contributed by atoms with Gasteiger partial charge in [-0.05, 0) is 18.6 Å². The van der Waals surface area contributed by atoms with Crippen LogP contribution >= 0.6 is 11.8 Å². The molecule has 1 heterocycles. The summed E-state index contributed by atoms with van der Waals surface area (Å²) < 4.78 is 4.85. The van der Waals surface area contributed by atoms with Crippen LogP contribution in [0.1, 0.15) is 35.7 Å². The second kappa shape index (κ2) is 8.96. The van der Waals surface area contributed by atoms with Gasteiger partial charge in [0, 0.05) is 43.1 Å². The van der Waals surface area contributed by atoms with Crippen LogP contribution in [0.2, 0.25) is 0 Å². The molecular weight excluding hydrogens is 298 g/mol. The maximum Gasteiger partial charge on any atom is 0.306 e.